The van der Waals surface area contributed by atoms with Crippen LogP contribution in [-0.2, 0) is 36.8 Å². The van der Waals surface area contributed by atoms with Crippen LogP contribution in [0.3, 0.4) is 0 Å². The Kier molecular flexibility index (Phi) is 10.8. The van der Waals surface area contributed by atoms with Gasteiger partial charge in [-0.2, -0.15) is 0 Å². The molecule has 8 nitrogen and oxygen atoms in total. The van der Waals surface area contributed by atoms with Crippen molar-refractivity contribution < 1.29 is 27.8 Å². The van der Waals surface area contributed by atoms with Gasteiger partial charge in [0.05, 0.1) is 11.1 Å². The van der Waals surface area contributed by atoms with Crippen molar-refractivity contribution in [2.45, 2.75) is 129 Å². The third kappa shape index (κ3) is 8.33. The molecule has 1 saturated heterocycles. The normalized spacial score (nSPS) is 18.0. The molecule has 1 spiro atoms. The summed E-state index contributed by atoms with van der Waals surface area (Å²) in [6.07, 6.45) is 19.8. The zero-order valence-corrected chi connectivity index (χ0v) is 36.9. The largest absolute Gasteiger partial charge is 0.704 e. The Morgan fingerprint density at radius 3 is 1.72 bits per heavy atom. The van der Waals surface area contributed by atoms with Crippen molar-refractivity contribution in [2.75, 3.05) is 44.5 Å². The van der Waals surface area contributed by atoms with E-state index in [1.807, 2.05) is 0 Å². The zero-order valence-electron chi connectivity index (χ0n) is 36.9. The van der Waals surface area contributed by atoms with Crippen molar-refractivity contribution >= 4 is 23.8 Å². The SMILES string of the molecule is CN(C)c1cc[n+](CCCCc2cc3c(c(CCCC[n+]4ccc(N(C)C)cc4)c2)OC24Oc5c(cc(C(C)(C)C)cc5C(C)(C)C)C=[N+]2CC(C)(C)[N+]4=C3)cc1. The highest BCUT2D eigenvalue weighted by Crippen LogP contribution is 2.47. The summed E-state index contributed by atoms with van der Waals surface area (Å²) < 4.78 is 24.0. The summed E-state index contributed by atoms with van der Waals surface area (Å²) >= 11 is 0. The summed E-state index contributed by atoms with van der Waals surface area (Å²) in [5.41, 5.74) is 9.56. The lowest BCUT2D eigenvalue weighted by molar-refractivity contribution is -0.867. The van der Waals surface area contributed by atoms with Crippen LogP contribution in [0.15, 0.2) is 73.3 Å². The molecule has 0 bridgehead atoms. The smallest absolute Gasteiger partial charge is 0.377 e. The summed E-state index contributed by atoms with van der Waals surface area (Å²) in [4.78, 5) is 4.29. The summed E-state index contributed by atoms with van der Waals surface area (Å²) in [6, 6.07) is 17.2. The lowest BCUT2D eigenvalue weighted by atomic mass is 9.79. The van der Waals surface area contributed by atoms with Crippen LogP contribution in [0.4, 0.5) is 11.4 Å². The maximum atomic E-state index is 7.40. The molecule has 0 saturated carbocycles. The molecule has 3 aliphatic heterocycles. The molecule has 0 radical (unpaired) electrons. The van der Waals surface area contributed by atoms with Gasteiger partial charge in [-0.15, -0.1) is 0 Å². The molecule has 1 atom stereocenters. The second-order valence-corrected chi connectivity index (χ2v) is 19.7. The summed E-state index contributed by atoms with van der Waals surface area (Å²) in [5.74, 6) is 1.88. The number of benzene rings is 2. The molecular formula is C49H68N6O2+4. The Morgan fingerprint density at radius 1 is 0.632 bits per heavy atom. The minimum absolute atomic E-state index is 0.0134. The molecule has 0 aliphatic carbocycles. The first kappa shape index (κ1) is 40.5. The van der Waals surface area contributed by atoms with Crippen LogP contribution in [0.1, 0.15) is 114 Å². The summed E-state index contributed by atoms with van der Waals surface area (Å²) in [6.45, 7) is 21.1. The van der Waals surface area contributed by atoms with Gasteiger partial charge in [0.2, 0.25) is 12.1 Å². The average molecular weight is 773 g/mol. The molecule has 2 aromatic carbocycles. The van der Waals surface area contributed by atoms with Gasteiger partial charge in [-0.3, -0.25) is 0 Å². The highest BCUT2D eigenvalue weighted by atomic mass is 16.7. The summed E-state index contributed by atoms with van der Waals surface area (Å²) in [5, 5.41) is 0. The highest BCUT2D eigenvalue weighted by Gasteiger charge is 2.75. The van der Waals surface area contributed by atoms with Gasteiger partial charge in [0, 0.05) is 96.1 Å². The fourth-order valence-electron chi connectivity index (χ4n) is 8.52. The fourth-order valence-corrected chi connectivity index (χ4v) is 8.52. The number of hydrogen-bond donors (Lipinski definition) is 0. The lowest BCUT2D eigenvalue weighted by Gasteiger charge is -2.33. The Labute approximate surface area is 342 Å². The van der Waals surface area contributed by atoms with E-state index in [1.165, 1.54) is 33.6 Å². The van der Waals surface area contributed by atoms with Gasteiger partial charge in [0.25, 0.3) is 0 Å². The van der Waals surface area contributed by atoms with E-state index in [2.05, 4.69) is 197 Å². The third-order valence-electron chi connectivity index (χ3n) is 12.0. The number of aromatic nitrogens is 2. The molecule has 1 unspecified atom stereocenters. The van der Waals surface area contributed by atoms with Crippen molar-refractivity contribution in [1.82, 2.24) is 0 Å². The predicted octanol–water partition coefficient (Wildman–Crippen LogP) is 7.79. The number of fused-ring (bicyclic) bond motifs is 2. The Balaban J connectivity index is 1.20. The van der Waals surface area contributed by atoms with Crippen molar-refractivity contribution in [1.29, 1.82) is 0 Å². The summed E-state index contributed by atoms with van der Waals surface area (Å²) in [7, 11) is 8.35. The average Bonchev–Trinajstić information content (AvgIpc) is 3.37. The van der Waals surface area contributed by atoms with Gasteiger partial charge in [-0.25, -0.2) is 9.13 Å². The monoisotopic (exact) mass is 773 g/mol. The molecule has 8 heteroatoms. The molecular weight excluding hydrogens is 705 g/mol. The van der Waals surface area contributed by atoms with Gasteiger partial charge < -0.3 is 19.3 Å². The first-order chi connectivity index (χ1) is 26.8. The molecule has 302 valence electrons. The second-order valence-electron chi connectivity index (χ2n) is 19.7. The number of aryl methyl sites for hydroxylation is 4. The van der Waals surface area contributed by atoms with E-state index in [4.69, 9.17) is 9.47 Å². The van der Waals surface area contributed by atoms with E-state index in [-0.39, 0.29) is 16.4 Å². The van der Waals surface area contributed by atoms with Gasteiger partial charge in [0.1, 0.15) is 13.1 Å². The number of pyridine rings is 2. The third-order valence-corrected chi connectivity index (χ3v) is 12.0. The van der Waals surface area contributed by atoms with E-state index in [9.17, 15) is 0 Å². The molecule has 4 aromatic rings. The number of unbranched alkanes of at least 4 members (excludes halogenated alkanes) is 2. The molecule has 57 heavy (non-hydrogen) atoms. The minimum atomic E-state index is -1.10. The van der Waals surface area contributed by atoms with E-state index >= 15 is 0 Å². The molecule has 0 amide bonds. The number of ether oxygens (including phenoxy) is 2. The van der Waals surface area contributed by atoms with Crippen LogP contribution in [0.25, 0.3) is 0 Å². The van der Waals surface area contributed by atoms with Crippen LogP contribution in [0, 0.1) is 0 Å². The highest BCUT2D eigenvalue weighted by molar-refractivity contribution is 5.85. The van der Waals surface area contributed by atoms with Crippen LogP contribution >= 0.6 is 0 Å². The van der Waals surface area contributed by atoms with Gasteiger partial charge in [-0.05, 0) is 65.3 Å². The number of hydrogen-bond acceptors (Lipinski definition) is 4. The lowest BCUT2D eigenvalue weighted by Crippen LogP contribution is -2.61. The molecule has 7 rings (SSSR count). The number of rotatable bonds is 12. The quantitative estimate of drug-likeness (QED) is 0.109. The van der Waals surface area contributed by atoms with Crippen molar-refractivity contribution in [2.24, 2.45) is 0 Å². The van der Waals surface area contributed by atoms with Gasteiger partial charge >= 0.3 is 6.03 Å². The molecule has 1 fully saturated rings. The Bertz CT molecular complexity index is 2170. The van der Waals surface area contributed by atoms with E-state index in [1.54, 1.807) is 0 Å². The van der Waals surface area contributed by atoms with E-state index in [0.29, 0.717) is 0 Å². The first-order valence-electron chi connectivity index (χ1n) is 21.2. The van der Waals surface area contributed by atoms with Crippen molar-refractivity contribution in [3.63, 3.8) is 0 Å². The maximum Gasteiger partial charge on any atom is 0.704 e. The minimum Gasteiger partial charge on any atom is -0.377 e. The Morgan fingerprint density at radius 2 is 1.18 bits per heavy atom. The molecule has 5 heterocycles. The van der Waals surface area contributed by atoms with Crippen LogP contribution in [-0.4, -0.2) is 67.9 Å². The Hall–Kier alpha value is -4.72. The first-order valence-corrected chi connectivity index (χ1v) is 21.2. The van der Waals surface area contributed by atoms with E-state index in [0.717, 1.165) is 80.8 Å². The maximum absolute atomic E-state index is 7.40. The fraction of sp³-hybridized carbons (Fsp3) is 0.510. The molecule has 2 aromatic heterocycles. The second kappa shape index (κ2) is 15.2. The van der Waals surface area contributed by atoms with Crippen LogP contribution in [0.5, 0.6) is 11.5 Å². The molecule has 0 N–H and O–H groups in total. The molecule has 3 aliphatic rings. The standard InChI is InChI=1S/C49H68N6O2/c1-46(2,3)40-31-39-33-54-35-48(7,8)55-34-38-30-36(17-13-15-23-52-25-19-41(20-26-52)50(9)10)29-37(18-14-16-24-53-27-21-42(22-28-53)51(11)12)44(38)56-49(54,55)57-45(39)43(32-40)47(4,5)6/h19-22,25-34H,13-18,23-24,35H2,1-12H3/q+4. The topological polar surface area (TPSA) is 38.7 Å². The number of nitrogens with zero attached hydrogens (tertiary/aromatic N) is 6. The van der Waals surface area contributed by atoms with Gasteiger partial charge in [-0.1, -0.05) is 62.8 Å². The van der Waals surface area contributed by atoms with E-state index < -0.39 is 6.03 Å². The van der Waals surface area contributed by atoms with Crippen LogP contribution in [0.2, 0.25) is 0 Å². The van der Waals surface area contributed by atoms with Crippen LogP contribution < -0.4 is 28.4 Å². The van der Waals surface area contributed by atoms with Gasteiger partial charge in [0.15, 0.2) is 48.7 Å². The number of anilines is 2. The zero-order chi connectivity index (χ0) is 40.9. The van der Waals surface area contributed by atoms with Crippen molar-refractivity contribution in [3.05, 3.63) is 107 Å². The van der Waals surface area contributed by atoms with Crippen molar-refractivity contribution in [3.8, 4) is 11.5 Å². The predicted molar refractivity (Wildman–Crippen MR) is 232 cm³/mol.